The van der Waals surface area contributed by atoms with Crippen LogP contribution in [-0.2, 0) is 0 Å². The van der Waals surface area contributed by atoms with E-state index in [-0.39, 0.29) is 11.7 Å². The number of carbonyl (C=O) groups excluding carboxylic acids is 1. The van der Waals surface area contributed by atoms with Gasteiger partial charge in [0.25, 0.3) is 5.91 Å². The quantitative estimate of drug-likeness (QED) is 0.678. The fourth-order valence-corrected chi connectivity index (χ4v) is 2.39. The van der Waals surface area contributed by atoms with Gasteiger partial charge in [-0.25, -0.2) is 9.37 Å². The molecule has 0 aliphatic heterocycles. The number of nitrogens with zero attached hydrogens (tertiary/aromatic N) is 1. The topological polar surface area (TPSA) is 54.0 Å². The third-order valence-corrected chi connectivity index (χ3v) is 3.83. The number of hydrogen-bond acceptors (Lipinski definition) is 3. The Morgan fingerprint density at radius 1 is 1.08 bits per heavy atom. The van der Waals surface area contributed by atoms with Crippen LogP contribution in [0, 0.1) is 12.7 Å². The summed E-state index contributed by atoms with van der Waals surface area (Å²) in [4.78, 5) is 16.4. The average Bonchev–Trinajstić information content (AvgIpc) is 2.60. The van der Waals surface area contributed by atoms with E-state index in [0.717, 1.165) is 11.3 Å². The van der Waals surface area contributed by atoms with Gasteiger partial charge in [-0.1, -0.05) is 17.7 Å². The number of carbonyl (C=O) groups is 1. The maximum Gasteiger partial charge on any atom is 0.255 e. The second-order valence-electron chi connectivity index (χ2n) is 5.48. The molecule has 0 aliphatic rings. The van der Waals surface area contributed by atoms with Gasteiger partial charge in [-0.2, -0.15) is 0 Å². The van der Waals surface area contributed by atoms with E-state index < -0.39 is 0 Å². The Balaban J connectivity index is 1.68. The molecule has 0 atom stereocenters. The van der Waals surface area contributed by atoms with E-state index in [1.165, 1.54) is 24.3 Å². The smallest absolute Gasteiger partial charge is 0.255 e. The minimum atomic E-state index is -0.384. The van der Waals surface area contributed by atoms with Crippen molar-refractivity contribution in [3.8, 4) is 0 Å². The molecular formula is C19H15ClFN3O. The number of rotatable bonds is 4. The maximum absolute atomic E-state index is 12.9. The van der Waals surface area contributed by atoms with Crippen LogP contribution in [-0.4, -0.2) is 10.9 Å². The summed E-state index contributed by atoms with van der Waals surface area (Å²) in [6.07, 6.45) is 1.55. The molecule has 126 valence electrons. The zero-order chi connectivity index (χ0) is 17.8. The Labute approximate surface area is 149 Å². The zero-order valence-electron chi connectivity index (χ0n) is 13.4. The van der Waals surface area contributed by atoms with Crippen molar-refractivity contribution in [3.63, 3.8) is 0 Å². The SMILES string of the molecule is Cc1ccc(Cl)cc1Nc1ccc(NC(=O)c2ccc(F)cc2)cn1. The molecule has 2 N–H and O–H groups in total. The molecule has 0 spiro atoms. The van der Waals surface area contributed by atoms with Crippen LogP contribution in [0.5, 0.6) is 0 Å². The van der Waals surface area contributed by atoms with E-state index in [1.807, 2.05) is 25.1 Å². The van der Waals surface area contributed by atoms with Gasteiger partial charge in [-0.05, 0) is 61.0 Å². The molecule has 6 heteroatoms. The van der Waals surface area contributed by atoms with Gasteiger partial charge in [-0.15, -0.1) is 0 Å². The highest BCUT2D eigenvalue weighted by Gasteiger charge is 2.07. The van der Waals surface area contributed by atoms with Gasteiger partial charge in [0.15, 0.2) is 0 Å². The number of benzene rings is 2. The highest BCUT2D eigenvalue weighted by Crippen LogP contribution is 2.23. The highest BCUT2D eigenvalue weighted by molar-refractivity contribution is 6.30. The third kappa shape index (κ3) is 4.33. The summed E-state index contributed by atoms with van der Waals surface area (Å²) in [5.74, 6) is -0.0803. The van der Waals surface area contributed by atoms with Gasteiger partial charge in [-0.3, -0.25) is 4.79 Å². The lowest BCUT2D eigenvalue weighted by Crippen LogP contribution is -2.12. The minimum Gasteiger partial charge on any atom is -0.340 e. The zero-order valence-corrected chi connectivity index (χ0v) is 14.1. The molecule has 3 aromatic rings. The molecule has 0 aliphatic carbocycles. The van der Waals surface area contributed by atoms with Crippen molar-refractivity contribution in [2.75, 3.05) is 10.6 Å². The largest absolute Gasteiger partial charge is 0.340 e. The van der Waals surface area contributed by atoms with Gasteiger partial charge in [0.1, 0.15) is 11.6 Å². The van der Waals surface area contributed by atoms with E-state index in [4.69, 9.17) is 11.6 Å². The summed E-state index contributed by atoms with van der Waals surface area (Å²) in [7, 11) is 0. The second kappa shape index (κ2) is 7.32. The van der Waals surface area contributed by atoms with Crippen molar-refractivity contribution in [2.45, 2.75) is 6.92 Å². The summed E-state index contributed by atoms with van der Waals surface area (Å²) in [5, 5.41) is 6.53. The van der Waals surface area contributed by atoms with E-state index in [0.29, 0.717) is 22.1 Å². The lowest BCUT2D eigenvalue weighted by Gasteiger charge is -2.10. The Kier molecular flexibility index (Phi) is 4.95. The van der Waals surface area contributed by atoms with Gasteiger partial charge >= 0.3 is 0 Å². The number of amides is 1. The van der Waals surface area contributed by atoms with Gasteiger partial charge in [0, 0.05) is 16.3 Å². The summed E-state index contributed by atoms with van der Waals surface area (Å²) >= 11 is 6.00. The van der Waals surface area contributed by atoms with Crippen LogP contribution in [0.1, 0.15) is 15.9 Å². The first-order valence-corrected chi connectivity index (χ1v) is 7.95. The normalized spacial score (nSPS) is 10.4. The second-order valence-corrected chi connectivity index (χ2v) is 5.91. The number of halogens is 2. The van der Waals surface area contributed by atoms with Crippen LogP contribution in [0.2, 0.25) is 5.02 Å². The first-order chi connectivity index (χ1) is 12.0. The monoisotopic (exact) mass is 355 g/mol. The van der Waals surface area contributed by atoms with Crippen LogP contribution in [0.15, 0.2) is 60.8 Å². The molecule has 4 nitrogen and oxygen atoms in total. The van der Waals surface area contributed by atoms with Crippen molar-refractivity contribution < 1.29 is 9.18 Å². The average molecular weight is 356 g/mol. The van der Waals surface area contributed by atoms with Crippen LogP contribution in [0.3, 0.4) is 0 Å². The maximum atomic E-state index is 12.9. The molecular weight excluding hydrogens is 341 g/mol. The fourth-order valence-electron chi connectivity index (χ4n) is 2.21. The Bertz CT molecular complexity index is 896. The van der Waals surface area contributed by atoms with Crippen molar-refractivity contribution in [2.24, 2.45) is 0 Å². The summed E-state index contributed by atoms with van der Waals surface area (Å²) in [6, 6.07) is 14.4. The Hall–Kier alpha value is -2.92. The van der Waals surface area contributed by atoms with Crippen molar-refractivity contribution in [1.29, 1.82) is 0 Å². The lowest BCUT2D eigenvalue weighted by molar-refractivity contribution is 0.102. The van der Waals surface area contributed by atoms with Gasteiger partial charge in [0.05, 0.1) is 11.9 Å². The van der Waals surface area contributed by atoms with E-state index in [9.17, 15) is 9.18 Å². The Morgan fingerprint density at radius 2 is 1.84 bits per heavy atom. The first kappa shape index (κ1) is 16.9. The minimum absolute atomic E-state index is 0.326. The molecule has 0 fully saturated rings. The first-order valence-electron chi connectivity index (χ1n) is 7.57. The van der Waals surface area contributed by atoms with Crippen LogP contribution >= 0.6 is 11.6 Å². The summed E-state index contributed by atoms with van der Waals surface area (Å²) in [5.41, 5.74) is 2.82. The summed E-state index contributed by atoms with van der Waals surface area (Å²) < 4.78 is 12.9. The van der Waals surface area contributed by atoms with E-state index >= 15 is 0 Å². The number of aromatic nitrogens is 1. The molecule has 3 rings (SSSR count). The van der Waals surface area contributed by atoms with Gasteiger partial charge in [0.2, 0.25) is 0 Å². The van der Waals surface area contributed by atoms with Crippen molar-refractivity contribution >= 4 is 34.7 Å². The molecule has 0 saturated carbocycles. The predicted octanol–water partition coefficient (Wildman–Crippen LogP) is 5.18. The molecule has 0 bridgehead atoms. The molecule has 2 aromatic carbocycles. The van der Waals surface area contributed by atoms with E-state index in [1.54, 1.807) is 18.3 Å². The number of pyridine rings is 1. The van der Waals surface area contributed by atoms with Crippen LogP contribution < -0.4 is 10.6 Å². The molecule has 25 heavy (non-hydrogen) atoms. The van der Waals surface area contributed by atoms with Gasteiger partial charge < -0.3 is 10.6 Å². The molecule has 0 unspecified atom stereocenters. The molecule has 0 saturated heterocycles. The summed E-state index contributed by atoms with van der Waals surface area (Å²) in [6.45, 7) is 1.97. The standard InChI is InChI=1S/C19H15ClFN3O/c1-12-2-5-14(20)10-17(12)24-18-9-8-16(11-22-18)23-19(25)13-3-6-15(21)7-4-13/h2-11H,1H3,(H,22,24)(H,23,25). The number of anilines is 3. The van der Waals surface area contributed by atoms with Crippen molar-refractivity contribution in [3.05, 3.63) is 82.8 Å². The van der Waals surface area contributed by atoms with E-state index in [2.05, 4.69) is 15.6 Å². The third-order valence-electron chi connectivity index (χ3n) is 3.59. The number of nitrogens with one attached hydrogen (secondary N) is 2. The fraction of sp³-hybridized carbons (Fsp3) is 0.0526. The molecule has 0 radical (unpaired) electrons. The van der Waals surface area contributed by atoms with Crippen LogP contribution in [0.4, 0.5) is 21.6 Å². The lowest BCUT2D eigenvalue weighted by atomic mass is 10.2. The van der Waals surface area contributed by atoms with Crippen LogP contribution in [0.25, 0.3) is 0 Å². The molecule has 1 heterocycles. The highest BCUT2D eigenvalue weighted by atomic mass is 35.5. The molecule has 1 aromatic heterocycles. The number of hydrogen-bond donors (Lipinski definition) is 2. The number of aryl methyl sites for hydroxylation is 1. The molecule has 1 amide bonds. The predicted molar refractivity (Wildman–Crippen MR) is 98.1 cm³/mol. The Morgan fingerprint density at radius 3 is 2.52 bits per heavy atom. The van der Waals surface area contributed by atoms with Crippen molar-refractivity contribution in [1.82, 2.24) is 4.98 Å².